The quantitative estimate of drug-likeness (QED) is 0.0236. The standard InChI is InChI=1S/2C12H8N3.C12H10N2O3S.C11H7FP.C10H10N3.C10H8N2O.Pt.4Rh/c2*1-2-6-10-9(5-1)14-12(15-10)11-7-3-4-8-13-11;15-12(11-8-4-5-9-13-11)14-18-17-16-10-6-2-1-3-7-10;12-10-6-4-9(5-7-10)11-3-1-2-8-13-11;1-7-8(2)13-10(12-7)9-5-3-4-6-11-9;13-8-4-6-12-10(7-8)9-3-1-2-5-11-9;;;;;/h2*1-8H;1-9H,(H,14,15);1-4,6-8H;3-6H,1-2H3;1-7H,(H,12,13);;;;;/q2*-1;;2*-1;;+2;;;;/p-1. The maximum absolute atomic E-state index is 12.6. The molecule has 0 saturated carbocycles. The molecular weight excluding hydrogens is 1740 g/mol. The van der Waals surface area contributed by atoms with E-state index >= 15 is 0 Å². The molecule has 0 aliphatic carbocycles. The number of para-hydroxylation sites is 5. The Morgan fingerprint density at radius 3 is 1.50 bits per heavy atom. The van der Waals surface area contributed by atoms with E-state index in [0.29, 0.717) is 43.5 Å². The molecule has 0 fully saturated rings. The largest absolute Gasteiger partial charge is 2.00 e. The first-order valence-corrected chi connectivity index (χ1v) is 28.4. The predicted octanol–water partition coefficient (Wildman–Crippen LogP) is 14.1. The van der Waals surface area contributed by atoms with Gasteiger partial charge in [0.15, 0.2) is 11.2 Å². The van der Waals surface area contributed by atoms with Crippen LogP contribution in [0.25, 0.3) is 83.6 Å². The number of nitrogens with zero attached hydrogens (tertiary/aromatic N) is 13. The molecule has 0 bridgehead atoms. The number of carbonyl (C=O) groups excluding carboxylic acids is 1. The summed E-state index contributed by atoms with van der Waals surface area (Å²) >= 11 is 0.564. The predicted molar refractivity (Wildman–Crippen MR) is 338 cm³/mol. The summed E-state index contributed by atoms with van der Waals surface area (Å²) in [6.45, 7) is 3.91. The first kappa shape index (κ1) is 76.5. The Bertz CT molecular complexity index is 4200. The number of imidazole rings is 3. The number of aryl methyl sites for hydroxylation is 2. The molecule has 25 heteroatoms. The molecule has 10 aromatic heterocycles. The molecule has 10 heterocycles. The zero-order chi connectivity index (χ0) is 60.3. The van der Waals surface area contributed by atoms with Gasteiger partial charge in [-0.05, 0) is 157 Å². The Balaban J connectivity index is 0.000000234. The Hall–Kier alpha value is -7.93. The molecule has 4 radical (unpaired) electrons. The van der Waals surface area contributed by atoms with Gasteiger partial charge >= 0.3 is 21.1 Å². The molecule has 0 aliphatic rings. The van der Waals surface area contributed by atoms with Crippen LogP contribution in [0, 0.1) is 25.7 Å². The van der Waals surface area contributed by atoms with E-state index in [-0.39, 0.29) is 116 Å². The summed E-state index contributed by atoms with van der Waals surface area (Å²) in [5.74, 6) is 4.03. The number of hydrogen-bond acceptors (Lipinski definition) is 13. The topological polar surface area (TPSA) is 226 Å². The van der Waals surface area contributed by atoms with Crippen molar-refractivity contribution in [2.75, 3.05) is 0 Å². The summed E-state index contributed by atoms with van der Waals surface area (Å²) in [5.41, 5.74) is 10.6. The van der Waals surface area contributed by atoms with E-state index < -0.39 is 5.91 Å². The van der Waals surface area contributed by atoms with E-state index in [2.05, 4.69) is 76.4 Å². The zero-order valence-electron chi connectivity index (χ0n) is 48.2. The van der Waals surface area contributed by atoms with Gasteiger partial charge in [-0.25, -0.2) is 0 Å². The van der Waals surface area contributed by atoms with Crippen LogP contribution < -0.4 is 30.3 Å². The van der Waals surface area contributed by atoms with Gasteiger partial charge in [-0.2, -0.15) is 6.20 Å². The van der Waals surface area contributed by atoms with E-state index in [1.165, 1.54) is 42.0 Å². The fourth-order valence-corrected chi connectivity index (χ4v) is 8.65. The first-order chi connectivity index (χ1) is 42.7. The third-order valence-corrected chi connectivity index (χ3v) is 13.2. The van der Waals surface area contributed by atoms with Crippen LogP contribution in [0.15, 0.2) is 266 Å². The second kappa shape index (κ2) is 41.5. The fourth-order valence-electron chi connectivity index (χ4n) is 7.46. The van der Waals surface area contributed by atoms with Crippen molar-refractivity contribution in [3.05, 3.63) is 305 Å². The summed E-state index contributed by atoms with van der Waals surface area (Å²) in [4.78, 5) is 78.2. The van der Waals surface area contributed by atoms with Gasteiger partial charge in [-0.1, -0.05) is 121 Å². The number of rotatable bonds is 10. The fraction of sp³-hybridized carbons (Fsp3) is 0.0299. The average molecular weight is 1790 g/mol. The van der Waals surface area contributed by atoms with Crippen LogP contribution >= 0.6 is 20.4 Å². The van der Waals surface area contributed by atoms with Crippen molar-refractivity contribution in [2.45, 2.75) is 13.8 Å². The summed E-state index contributed by atoms with van der Waals surface area (Å²) < 4.78 is 20.9. The van der Waals surface area contributed by atoms with Crippen molar-refractivity contribution in [1.82, 2.24) is 59.8 Å². The van der Waals surface area contributed by atoms with E-state index in [0.717, 1.165) is 67.6 Å². The van der Waals surface area contributed by atoms with Crippen LogP contribution in [0.3, 0.4) is 0 Å². The molecule has 4 aromatic carbocycles. The molecule has 0 aliphatic heterocycles. The molecule has 0 spiro atoms. The van der Waals surface area contributed by atoms with Gasteiger partial charge < -0.3 is 49.3 Å². The maximum atomic E-state index is 12.6. The van der Waals surface area contributed by atoms with Gasteiger partial charge in [0.05, 0.1) is 36.3 Å². The van der Waals surface area contributed by atoms with Crippen molar-refractivity contribution < 1.29 is 117 Å². The number of fused-ring (bicyclic) bond motifs is 2. The van der Waals surface area contributed by atoms with Crippen LogP contribution in [0.2, 0.25) is 0 Å². The number of carbonyl (C=O) groups is 1. The van der Waals surface area contributed by atoms with Crippen molar-refractivity contribution in [2.24, 2.45) is 0 Å². The molecule has 1 unspecified atom stereocenters. The summed E-state index contributed by atoms with van der Waals surface area (Å²) in [6.07, 6.45) is 9.93. The minimum Gasteiger partial charge on any atom is -0.662 e. The second-order valence-electron chi connectivity index (χ2n) is 17.9. The van der Waals surface area contributed by atoms with Crippen molar-refractivity contribution in [3.8, 4) is 62.6 Å². The van der Waals surface area contributed by atoms with Gasteiger partial charge in [0, 0.05) is 120 Å². The molecule has 17 nitrogen and oxygen atoms in total. The molecule has 0 saturated heterocycles. The third-order valence-electron chi connectivity index (χ3n) is 11.8. The summed E-state index contributed by atoms with van der Waals surface area (Å²) in [6, 6.07) is 68.7. The SMILES string of the molecule is Cc1nc(-c2ccccn2)[n-]c1C.Fc1c[c-]c(-c2cccc[pH+]2)cc1.O=C([N-]SOOc1ccccc1)c1ccccn1.O=c1cc[n-]c(-c2ccccn2)c1.[Pt+2].[Rh].[Rh].[Rh].[Rh].c1ccc(-c2nc3ccccc3[n-]2)nc1.c1ccc(-c2nc3ccccc3[n-]2)nc1. The Morgan fingerprint density at radius 2 is 1.04 bits per heavy atom. The number of amides is 1. The number of pyridine rings is 6. The Kier molecular flexibility index (Phi) is 34.5. The van der Waals surface area contributed by atoms with Gasteiger partial charge in [-0.15, -0.1) is 39.9 Å². The minimum absolute atomic E-state index is 0. The normalized spacial score (nSPS) is 9.73. The molecule has 474 valence electrons. The number of aromatic nitrogens is 12. The van der Waals surface area contributed by atoms with Gasteiger partial charge in [0.1, 0.15) is 11.7 Å². The first-order valence-electron chi connectivity index (χ1n) is 26.6. The van der Waals surface area contributed by atoms with Gasteiger partial charge in [0.2, 0.25) is 0 Å². The van der Waals surface area contributed by atoms with Crippen LogP contribution in [0.1, 0.15) is 21.9 Å². The van der Waals surface area contributed by atoms with Crippen LogP contribution in [-0.2, 0) is 103 Å². The molecule has 0 N–H and O–H groups in total. The third kappa shape index (κ3) is 24.3. The minimum atomic E-state index is -0.475. The van der Waals surface area contributed by atoms with Crippen molar-refractivity contribution in [1.29, 1.82) is 0 Å². The van der Waals surface area contributed by atoms with E-state index in [1.54, 1.807) is 73.3 Å². The molecule has 92 heavy (non-hydrogen) atoms. The summed E-state index contributed by atoms with van der Waals surface area (Å²) in [5, 5.41) is 1.21. The number of benzene rings is 4. The number of hydrogen-bond donors (Lipinski definition) is 0. The zero-order valence-corrected chi connectivity index (χ0v) is 58.9. The Labute approximate surface area is 601 Å². The van der Waals surface area contributed by atoms with Crippen LogP contribution in [0.4, 0.5) is 4.39 Å². The van der Waals surface area contributed by atoms with Crippen molar-refractivity contribution >= 4 is 48.4 Å². The van der Waals surface area contributed by atoms with Crippen LogP contribution in [0.5, 0.6) is 5.75 Å². The number of halogens is 1. The Morgan fingerprint density at radius 1 is 0.543 bits per heavy atom. The van der Waals surface area contributed by atoms with Gasteiger partial charge in [-0.3, -0.25) is 34.1 Å². The van der Waals surface area contributed by atoms with Crippen molar-refractivity contribution in [3.63, 3.8) is 0 Å². The average Bonchev–Trinajstić information content (AvgIpc) is 1.83. The van der Waals surface area contributed by atoms with E-state index in [9.17, 15) is 14.0 Å². The van der Waals surface area contributed by atoms with E-state index in [1.807, 2.05) is 159 Å². The van der Waals surface area contributed by atoms with E-state index in [4.69, 9.17) is 9.22 Å². The maximum Gasteiger partial charge on any atom is 2.00 e. The molecule has 1 amide bonds. The molecule has 1 atom stereocenters. The monoisotopic (exact) mass is 1790 g/mol. The summed E-state index contributed by atoms with van der Waals surface area (Å²) in [7, 11) is 0.663. The molecule has 14 rings (SSSR count). The smallest absolute Gasteiger partial charge is 0.662 e. The van der Waals surface area contributed by atoms with Gasteiger partial charge in [0.25, 0.3) is 0 Å². The second-order valence-corrected chi connectivity index (χ2v) is 19.5. The molecule has 14 aromatic rings. The van der Waals surface area contributed by atoms with Crippen LogP contribution in [-0.4, -0.2) is 45.8 Å². The molecular formula is C67H50FN13O4PPtRh4S-3.